The molecule has 1 aromatic carbocycles. The lowest BCUT2D eigenvalue weighted by Crippen LogP contribution is -2.52. The first-order valence-electron chi connectivity index (χ1n) is 9.40. The van der Waals surface area contributed by atoms with Gasteiger partial charge in [-0.25, -0.2) is 4.98 Å². The van der Waals surface area contributed by atoms with Crippen LogP contribution in [0.2, 0.25) is 0 Å². The van der Waals surface area contributed by atoms with Gasteiger partial charge in [-0.05, 0) is 12.5 Å². The van der Waals surface area contributed by atoms with E-state index >= 15 is 0 Å². The average Bonchev–Trinajstić information content (AvgIpc) is 3.13. The van der Waals surface area contributed by atoms with Crippen LogP contribution in [0, 0.1) is 6.92 Å². The summed E-state index contributed by atoms with van der Waals surface area (Å²) in [5, 5.41) is 6.60. The van der Waals surface area contributed by atoms with Gasteiger partial charge in [0.05, 0.1) is 12.2 Å². The predicted molar refractivity (Wildman–Crippen MR) is 130 cm³/mol. The maximum absolute atomic E-state index is 4.63. The van der Waals surface area contributed by atoms with E-state index in [1.807, 2.05) is 26.0 Å². The van der Waals surface area contributed by atoms with Gasteiger partial charge in [0, 0.05) is 59.2 Å². The van der Waals surface area contributed by atoms with Gasteiger partial charge in [0.25, 0.3) is 0 Å². The molecular weight excluding hydrogens is 483 g/mol. The monoisotopic (exact) mass is 514 g/mol. The lowest BCUT2D eigenvalue weighted by molar-refractivity contribution is 0.172. The molecule has 8 heteroatoms. The summed E-state index contributed by atoms with van der Waals surface area (Å²) in [4.78, 5) is 16.0. The van der Waals surface area contributed by atoms with Gasteiger partial charge in [-0.15, -0.1) is 35.3 Å². The Balaban J connectivity index is 0.00000280. The Hall–Kier alpha value is -1.39. The third kappa shape index (κ3) is 6.31. The van der Waals surface area contributed by atoms with Crippen molar-refractivity contribution in [3.8, 4) is 0 Å². The van der Waals surface area contributed by atoms with Crippen LogP contribution in [0.25, 0.3) is 0 Å². The summed E-state index contributed by atoms with van der Waals surface area (Å²) in [6, 6.07) is 8.80. The van der Waals surface area contributed by atoms with Crippen LogP contribution in [0.15, 0.2) is 34.6 Å². The highest BCUT2D eigenvalue weighted by atomic mass is 127. The van der Waals surface area contributed by atoms with Crippen LogP contribution in [0.4, 0.5) is 5.13 Å². The van der Waals surface area contributed by atoms with Gasteiger partial charge in [0.15, 0.2) is 11.1 Å². The van der Waals surface area contributed by atoms with Crippen molar-refractivity contribution in [2.45, 2.75) is 20.0 Å². The molecule has 2 heterocycles. The number of hydrogen-bond acceptors (Lipinski definition) is 5. The number of rotatable bonds is 5. The zero-order valence-electron chi connectivity index (χ0n) is 17.2. The fourth-order valence-corrected chi connectivity index (χ4v) is 4.03. The molecule has 1 N–H and O–H groups in total. The summed E-state index contributed by atoms with van der Waals surface area (Å²) in [6.45, 7) is 7.97. The Morgan fingerprint density at radius 1 is 1.25 bits per heavy atom. The number of piperazine rings is 1. The number of aliphatic imine (C=N–C) groups is 1. The molecule has 6 nitrogen and oxygen atoms in total. The number of aromatic nitrogens is 1. The summed E-state index contributed by atoms with van der Waals surface area (Å²) in [7, 11) is 5.89. The highest BCUT2D eigenvalue weighted by molar-refractivity contribution is 14.0. The Morgan fingerprint density at radius 3 is 2.61 bits per heavy atom. The third-order valence-electron chi connectivity index (χ3n) is 4.72. The first kappa shape index (κ1) is 22.9. The largest absolute Gasteiger partial charge is 0.354 e. The minimum absolute atomic E-state index is 0. The van der Waals surface area contributed by atoms with Gasteiger partial charge in [0.1, 0.15) is 0 Å². The van der Waals surface area contributed by atoms with Crippen LogP contribution in [-0.4, -0.2) is 68.1 Å². The molecule has 0 unspecified atom stereocenters. The van der Waals surface area contributed by atoms with Crippen molar-refractivity contribution in [1.29, 1.82) is 0 Å². The second kappa shape index (κ2) is 11.0. The number of benzene rings is 1. The minimum atomic E-state index is 0. The van der Waals surface area contributed by atoms with E-state index in [0.717, 1.165) is 49.5 Å². The van der Waals surface area contributed by atoms with Crippen LogP contribution >= 0.6 is 35.3 Å². The maximum atomic E-state index is 4.63. The fourth-order valence-electron chi connectivity index (χ4n) is 3.27. The Kier molecular flexibility index (Phi) is 8.97. The maximum Gasteiger partial charge on any atom is 0.194 e. The van der Waals surface area contributed by atoms with E-state index in [4.69, 9.17) is 0 Å². The molecule has 1 aliphatic rings. The molecule has 154 valence electrons. The van der Waals surface area contributed by atoms with Crippen LogP contribution in [0.1, 0.15) is 16.8 Å². The van der Waals surface area contributed by atoms with E-state index in [-0.39, 0.29) is 24.0 Å². The molecule has 1 saturated heterocycles. The summed E-state index contributed by atoms with van der Waals surface area (Å²) < 4.78 is 0. The zero-order chi connectivity index (χ0) is 19.2. The van der Waals surface area contributed by atoms with Crippen molar-refractivity contribution in [3.63, 3.8) is 0 Å². The number of anilines is 1. The number of aryl methyl sites for hydroxylation is 1. The second-order valence-electron chi connectivity index (χ2n) is 7.17. The smallest absolute Gasteiger partial charge is 0.194 e. The van der Waals surface area contributed by atoms with E-state index in [0.29, 0.717) is 6.54 Å². The van der Waals surface area contributed by atoms with E-state index in [2.05, 4.69) is 61.7 Å². The van der Waals surface area contributed by atoms with Crippen molar-refractivity contribution in [2.24, 2.45) is 4.99 Å². The van der Waals surface area contributed by atoms with Gasteiger partial charge in [-0.3, -0.25) is 9.89 Å². The van der Waals surface area contributed by atoms with Crippen molar-refractivity contribution in [3.05, 3.63) is 46.5 Å². The molecule has 0 saturated carbocycles. The van der Waals surface area contributed by atoms with Gasteiger partial charge in [-0.2, -0.15) is 0 Å². The first-order valence-corrected chi connectivity index (χ1v) is 10.3. The molecule has 1 aromatic heterocycles. The van der Waals surface area contributed by atoms with Gasteiger partial charge >= 0.3 is 0 Å². The molecule has 0 amide bonds. The van der Waals surface area contributed by atoms with E-state index in [1.54, 1.807) is 11.3 Å². The summed E-state index contributed by atoms with van der Waals surface area (Å²) in [6.07, 6.45) is 0. The summed E-state index contributed by atoms with van der Waals surface area (Å²) >= 11 is 1.67. The molecule has 0 atom stereocenters. The Bertz CT molecular complexity index is 768. The predicted octanol–water partition coefficient (Wildman–Crippen LogP) is 3.03. The standard InChI is InChI=1S/C20H30N6S.HI/c1-16-6-5-7-17(12-16)14-25-8-10-26(11-9-25)19(21-2)22-13-18-15-27-20(23-18)24(3)4;/h5-7,12,15H,8-11,13-14H2,1-4H3,(H,21,22);1H. The van der Waals surface area contributed by atoms with Crippen molar-refractivity contribution in [2.75, 3.05) is 52.2 Å². The van der Waals surface area contributed by atoms with Crippen LogP contribution in [-0.2, 0) is 13.1 Å². The van der Waals surface area contributed by atoms with Crippen molar-refractivity contribution < 1.29 is 0 Å². The van der Waals surface area contributed by atoms with Gasteiger partial charge in [-0.1, -0.05) is 29.8 Å². The van der Waals surface area contributed by atoms with E-state index in [9.17, 15) is 0 Å². The molecule has 0 bridgehead atoms. The van der Waals surface area contributed by atoms with Crippen molar-refractivity contribution in [1.82, 2.24) is 20.1 Å². The zero-order valence-corrected chi connectivity index (χ0v) is 20.3. The van der Waals surface area contributed by atoms with E-state index < -0.39 is 0 Å². The molecule has 28 heavy (non-hydrogen) atoms. The number of thiazole rings is 1. The van der Waals surface area contributed by atoms with Crippen LogP contribution in [0.3, 0.4) is 0 Å². The highest BCUT2D eigenvalue weighted by Gasteiger charge is 2.19. The van der Waals surface area contributed by atoms with E-state index in [1.165, 1.54) is 11.1 Å². The molecule has 0 radical (unpaired) electrons. The number of nitrogens with zero attached hydrogens (tertiary/aromatic N) is 5. The summed E-state index contributed by atoms with van der Waals surface area (Å²) in [5.41, 5.74) is 3.78. The lowest BCUT2D eigenvalue weighted by Gasteiger charge is -2.36. The number of guanidine groups is 1. The minimum Gasteiger partial charge on any atom is -0.354 e. The molecule has 1 fully saturated rings. The summed E-state index contributed by atoms with van der Waals surface area (Å²) in [5.74, 6) is 0.963. The van der Waals surface area contributed by atoms with Crippen LogP contribution < -0.4 is 10.2 Å². The normalized spacial score (nSPS) is 15.3. The SMILES string of the molecule is CN=C(NCc1csc(N(C)C)n1)N1CCN(Cc2cccc(C)c2)CC1.I. The number of nitrogens with one attached hydrogen (secondary N) is 1. The number of hydrogen-bond donors (Lipinski definition) is 1. The Labute approximate surface area is 189 Å². The molecule has 2 aromatic rings. The van der Waals surface area contributed by atoms with Gasteiger partial charge < -0.3 is 15.1 Å². The fraction of sp³-hybridized carbons (Fsp3) is 0.500. The second-order valence-corrected chi connectivity index (χ2v) is 8.01. The third-order valence-corrected chi connectivity index (χ3v) is 5.78. The molecule has 3 rings (SSSR count). The molecule has 1 aliphatic heterocycles. The highest BCUT2D eigenvalue weighted by Crippen LogP contribution is 2.17. The average molecular weight is 514 g/mol. The topological polar surface area (TPSA) is 47.0 Å². The molecular formula is C20H31IN6S. The quantitative estimate of drug-likeness (QED) is 0.378. The van der Waals surface area contributed by atoms with Crippen LogP contribution in [0.5, 0.6) is 0 Å². The molecule has 0 spiro atoms. The molecule has 0 aliphatic carbocycles. The van der Waals surface area contributed by atoms with Gasteiger partial charge in [0.2, 0.25) is 0 Å². The lowest BCUT2D eigenvalue weighted by atomic mass is 10.1. The first-order chi connectivity index (χ1) is 13.0. The Morgan fingerprint density at radius 2 is 2.00 bits per heavy atom. The number of halogens is 1. The van der Waals surface area contributed by atoms with Crippen molar-refractivity contribution >= 4 is 46.4 Å².